The van der Waals surface area contributed by atoms with Gasteiger partial charge in [-0.3, -0.25) is 9.59 Å². The molecule has 1 aromatic heterocycles. The number of hydrogen-bond donors (Lipinski definition) is 2. The lowest BCUT2D eigenvalue weighted by Gasteiger charge is -2.36. The van der Waals surface area contributed by atoms with Crippen LogP contribution in [0.15, 0.2) is 11.4 Å². The lowest BCUT2D eigenvalue weighted by atomic mass is 9.86. The first kappa shape index (κ1) is 14.8. The zero-order valence-corrected chi connectivity index (χ0v) is 12.0. The molecule has 1 amide bonds. The predicted molar refractivity (Wildman–Crippen MR) is 73.4 cm³/mol. The molecule has 0 spiro atoms. The van der Waals surface area contributed by atoms with Gasteiger partial charge in [0.2, 0.25) is 0 Å². The van der Waals surface area contributed by atoms with Gasteiger partial charge in [0.15, 0.2) is 0 Å². The number of carboxylic acid groups (broad SMARTS) is 1. The second-order valence-corrected chi connectivity index (χ2v) is 5.65. The van der Waals surface area contributed by atoms with E-state index in [1.165, 1.54) is 18.4 Å². The van der Waals surface area contributed by atoms with Gasteiger partial charge in [-0.15, -0.1) is 11.3 Å². The van der Waals surface area contributed by atoms with Crippen molar-refractivity contribution in [3.63, 3.8) is 0 Å². The highest BCUT2D eigenvalue weighted by molar-refractivity contribution is 7.12. The van der Waals surface area contributed by atoms with E-state index in [0.717, 1.165) is 0 Å². The maximum Gasteiger partial charge on any atom is 0.305 e. The van der Waals surface area contributed by atoms with Crippen molar-refractivity contribution < 1.29 is 24.2 Å². The molecule has 1 aromatic rings. The summed E-state index contributed by atoms with van der Waals surface area (Å²) in [6, 6.07) is 1.72. The van der Waals surface area contributed by atoms with Crippen LogP contribution in [-0.4, -0.2) is 42.8 Å². The molecule has 1 fully saturated rings. The minimum Gasteiger partial charge on any atom is -0.495 e. The lowest BCUT2D eigenvalue weighted by molar-refractivity contribution is -0.139. The first-order valence-corrected chi connectivity index (χ1v) is 7.18. The maximum absolute atomic E-state index is 12.3. The van der Waals surface area contributed by atoms with E-state index in [9.17, 15) is 9.59 Å². The van der Waals surface area contributed by atoms with Crippen LogP contribution in [0, 0.1) is 0 Å². The number of ether oxygens (including phenoxy) is 2. The van der Waals surface area contributed by atoms with E-state index in [-0.39, 0.29) is 12.3 Å². The van der Waals surface area contributed by atoms with Gasteiger partial charge in [-0.25, -0.2) is 0 Å². The van der Waals surface area contributed by atoms with Crippen LogP contribution in [-0.2, 0) is 9.53 Å². The van der Waals surface area contributed by atoms with Crippen molar-refractivity contribution in [2.24, 2.45) is 0 Å². The Morgan fingerprint density at radius 2 is 2.20 bits per heavy atom. The summed E-state index contributed by atoms with van der Waals surface area (Å²) in [7, 11) is 1.50. The summed E-state index contributed by atoms with van der Waals surface area (Å²) < 4.78 is 10.4. The third kappa shape index (κ3) is 3.29. The number of methoxy groups -OCH3 is 1. The van der Waals surface area contributed by atoms with Crippen LogP contribution in [0.25, 0.3) is 0 Å². The minimum atomic E-state index is -0.926. The molecule has 1 aliphatic rings. The summed E-state index contributed by atoms with van der Waals surface area (Å²) in [6.07, 6.45) is 0.896. The molecule has 1 saturated heterocycles. The summed E-state index contributed by atoms with van der Waals surface area (Å²) in [4.78, 5) is 23.8. The lowest BCUT2D eigenvalue weighted by Crippen LogP contribution is -2.53. The van der Waals surface area contributed by atoms with E-state index in [4.69, 9.17) is 14.6 Å². The highest BCUT2D eigenvalue weighted by Crippen LogP contribution is 2.28. The maximum atomic E-state index is 12.3. The van der Waals surface area contributed by atoms with E-state index in [2.05, 4.69) is 5.32 Å². The normalized spacial score (nSPS) is 17.4. The minimum absolute atomic E-state index is 0.101. The number of nitrogens with one attached hydrogen (secondary N) is 1. The Kier molecular flexibility index (Phi) is 4.61. The molecule has 0 atom stereocenters. The van der Waals surface area contributed by atoms with Crippen LogP contribution < -0.4 is 10.1 Å². The Bertz CT molecular complexity index is 493. The second kappa shape index (κ2) is 6.23. The molecule has 0 unspecified atom stereocenters. The number of aliphatic carboxylic acids is 1. The molecule has 6 nitrogen and oxygen atoms in total. The fraction of sp³-hybridized carbons (Fsp3) is 0.538. The Morgan fingerprint density at radius 3 is 2.80 bits per heavy atom. The number of hydrogen-bond acceptors (Lipinski definition) is 5. The molecule has 7 heteroatoms. The Balaban J connectivity index is 2.15. The molecule has 2 N–H and O–H groups in total. The van der Waals surface area contributed by atoms with Crippen molar-refractivity contribution in [2.75, 3.05) is 20.3 Å². The fourth-order valence-corrected chi connectivity index (χ4v) is 3.07. The number of thiophene rings is 1. The number of rotatable bonds is 5. The Labute approximate surface area is 120 Å². The topological polar surface area (TPSA) is 84.9 Å². The standard InChI is InChI=1S/C13H17NO5S/c1-18-9-2-7-20-11(9)12(17)14-13(8-10(15)16)3-5-19-6-4-13/h2,7H,3-6,8H2,1H3,(H,14,17)(H,15,16). The fourth-order valence-electron chi connectivity index (χ4n) is 2.32. The van der Waals surface area contributed by atoms with Gasteiger partial charge in [-0.05, 0) is 24.3 Å². The van der Waals surface area contributed by atoms with Crippen LogP contribution in [0.1, 0.15) is 28.9 Å². The van der Waals surface area contributed by atoms with Gasteiger partial charge in [-0.2, -0.15) is 0 Å². The molecule has 0 aliphatic carbocycles. The van der Waals surface area contributed by atoms with E-state index in [1.807, 2.05) is 0 Å². The van der Waals surface area contributed by atoms with Gasteiger partial charge >= 0.3 is 5.97 Å². The van der Waals surface area contributed by atoms with Crippen molar-refractivity contribution >= 4 is 23.2 Å². The monoisotopic (exact) mass is 299 g/mol. The molecule has 2 rings (SSSR count). The largest absolute Gasteiger partial charge is 0.495 e. The van der Waals surface area contributed by atoms with Gasteiger partial charge in [0.05, 0.1) is 19.1 Å². The van der Waals surface area contributed by atoms with E-state index in [1.54, 1.807) is 11.4 Å². The quantitative estimate of drug-likeness (QED) is 0.861. The summed E-state index contributed by atoms with van der Waals surface area (Å²) in [5.74, 6) is -0.713. The molecule has 20 heavy (non-hydrogen) atoms. The predicted octanol–water partition coefficient (Wildman–Crippen LogP) is 1.51. The van der Waals surface area contributed by atoms with Crippen molar-refractivity contribution in [1.29, 1.82) is 0 Å². The average molecular weight is 299 g/mol. The molecule has 0 radical (unpaired) electrons. The van der Waals surface area contributed by atoms with Crippen LogP contribution in [0.5, 0.6) is 5.75 Å². The van der Waals surface area contributed by atoms with E-state index in [0.29, 0.717) is 36.7 Å². The van der Waals surface area contributed by atoms with Gasteiger partial charge in [0, 0.05) is 13.2 Å². The van der Waals surface area contributed by atoms with Crippen molar-refractivity contribution in [2.45, 2.75) is 24.8 Å². The van der Waals surface area contributed by atoms with Crippen molar-refractivity contribution in [3.05, 3.63) is 16.3 Å². The molecule has 2 heterocycles. The highest BCUT2D eigenvalue weighted by atomic mass is 32.1. The van der Waals surface area contributed by atoms with Gasteiger partial charge in [0.25, 0.3) is 5.91 Å². The van der Waals surface area contributed by atoms with Gasteiger partial charge < -0.3 is 19.9 Å². The summed E-state index contributed by atoms with van der Waals surface area (Å²) >= 11 is 1.27. The summed E-state index contributed by atoms with van der Waals surface area (Å²) in [5.41, 5.74) is -0.740. The smallest absolute Gasteiger partial charge is 0.305 e. The highest BCUT2D eigenvalue weighted by Gasteiger charge is 2.37. The first-order valence-electron chi connectivity index (χ1n) is 6.30. The molecule has 110 valence electrons. The Morgan fingerprint density at radius 1 is 1.50 bits per heavy atom. The van der Waals surface area contributed by atoms with Crippen LogP contribution >= 0.6 is 11.3 Å². The van der Waals surface area contributed by atoms with Crippen LogP contribution in [0.3, 0.4) is 0 Å². The molecule has 0 aromatic carbocycles. The number of carbonyl (C=O) groups excluding carboxylic acids is 1. The zero-order chi connectivity index (χ0) is 14.6. The number of carbonyl (C=O) groups is 2. The van der Waals surface area contributed by atoms with E-state index >= 15 is 0 Å². The molecular formula is C13H17NO5S. The third-order valence-electron chi connectivity index (χ3n) is 3.37. The van der Waals surface area contributed by atoms with E-state index < -0.39 is 11.5 Å². The van der Waals surface area contributed by atoms with Crippen molar-refractivity contribution in [1.82, 2.24) is 5.32 Å². The summed E-state index contributed by atoms with van der Waals surface area (Å²) in [6.45, 7) is 0.907. The molecule has 0 bridgehead atoms. The van der Waals surface area contributed by atoms with Crippen molar-refractivity contribution in [3.8, 4) is 5.75 Å². The average Bonchev–Trinajstić information content (AvgIpc) is 2.87. The van der Waals surface area contributed by atoms with Gasteiger partial charge in [-0.1, -0.05) is 0 Å². The molecular weight excluding hydrogens is 282 g/mol. The second-order valence-electron chi connectivity index (χ2n) is 4.74. The molecule has 0 saturated carbocycles. The van der Waals surface area contributed by atoms with Crippen LogP contribution in [0.4, 0.5) is 0 Å². The number of carboxylic acids is 1. The van der Waals surface area contributed by atoms with Crippen LogP contribution in [0.2, 0.25) is 0 Å². The molecule has 1 aliphatic heterocycles. The Hall–Kier alpha value is -1.60. The SMILES string of the molecule is COc1ccsc1C(=O)NC1(CC(=O)O)CCOCC1. The first-order chi connectivity index (χ1) is 9.56. The summed E-state index contributed by atoms with van der Waals surface area (Å²) in [5, 5.41) is 13.7. The zero-order valence-electron chi connectivity index (χ0n) is 11.2. The third-order valence-corrected chi connectivity index (χ3v) is 4.27. The number of amides is 1. The van der Waals surface area contributed by atoms with Gasteiger partial charge in [0.1, 0.15) is 10.6 Å².